The molecule has 0 aromatic heterocycles. The molecule has 0 fully saturated rings. The Hall–Kier alpha value is -1.67. The van der Waals surface area contributed by atoms with Gasteiger partial charge in [-0.05, 0) is 35.7 Å². The Morgan fingerprint density at radius 1 is 1.05 bits per heavy atom. The first-order valence-electron chi connectivity index (χ1n) is 6.34. The molecule has 0 radical (unpaired) electrons. The largest absolute Gasteiger partial charge is 0.497 e. The molecule has 2 nitrogen and oxygen atoms in total. The Labute approximate surface area is 119 Å². The standard InChI is InChI=1S/C16H18ClNO/c1-19-15-8-6-13(7-9-15)10-11-18-16-5-3-2-4-14(16)12-17/h2-9,18H,10-12H2,1H3. The fraction of sp³-hybridized carbons (Fsp3) is 0.250. The van der Waals surface area contributed by atoms with E-state index < -0.39 is 0 Å². The van der Waals surface area contributed by atoms with Crippen molar-refractivity contribution in [3.8, 4) is 5.75 Å². The van der Waals surface area contributed by atoms with Gasteiger partial charge in [-0.25, -0.2) is 0 Å². The van der Waals surface area contributed by atoms with Crippen LogP contribution in [-0.4, -0.2) is 13.7 Å². The van der Waals surface area contributed by atoms with Crippen molar-refractivity contribution in [2.45, 2.75) is 12.3 Å². The molecule has 0 spiro atoms. The Kier molecular flexibility index (Phi) is 5.10. The first-order chi connectivity index (χ1) is 9.33. The molecule has 1 N–H and O–H groups in total. The number of rotatable bonds is 6. The van der Waals surface area contributed by atoms with E-state index in [4.69, 9.17) is 16.3 Å². The van der Waals surface area contributed by atoms with Crippen molar-refractivity contribution in [2.75, 3.05) is 19.0 Å². The van der Waals surface area contributed by atoms with E-state index >= 15 is 0 Å². The van der Waals surface area contributed by atoms with Gasteiger partial charge in [-0.1, -0.05) is 30.3 Å². The zero-order chi connectivity index (χ0) is 13.5. The molecule has 2 aromatic carbocycles. The van der Waals surface area contributed by atoms with Gasteiger partial charge in [0, 0.05) is 18.1 Å². The summed E-state index contributed by atoms with van der Waals surface area (Å²) in [5.74, 6) is 1.43. The lowest BCUT2D eigenvalue weighted by molar-refractivity contribution is 0.414. The molecule has 19 heavy (non-hydrogen) atoms. The number of ether oxygens (including phenoxy) is 1. The van der Waals surface area contributed by atoms with Crippen LogP contribution >= 0.6 is 11.6 Å². The third-order valence-corrected chi connectivity index (χ3v) is 3.34. The Morgan fingerprint density at radius 3 is 2.47 bits per heavy atom. The SMILES string of the molecule is COc1ccc(CCNc2ccccc2CCl)cc1. The van der Waals surface area contributed by atoms with Crippen LogP contribution in [-0.2, 0) is 12.3 Å². The number of para-hydroxylation sites is 1. The third kappa shape index (κ3) is 3.90. The topological polar surface area (TPSA) is 21.3 Å². The van der Waals surface area contributed by atoms with Gasteiger partial charge in [0.25, 0.3) is 0 Å². The molecule has 3 heteroatoms. The normalized spacial score (nSPS) is 10.2. The average Bonchev–Trinajstić information content (AvgIpc) is 2.48. The zero-order valence-electron chi connectivity index (χ0n) is 11.0. The van der Waals surface area contributed by atoms with E-state index in [1.54, 1.807) is 7.11 Å². The minimum Gasteiger partial charge on any atom is -0.497 e. The van der Waals surface area contributed by atoms with Gasteiger partial charge >= 0.3 is 0 Å². The second-order valence-electron chi connectivity index (χ2n) is 4.32. The van der Waals surface area contributed by atoms with Gasteiger partial charge in [-0.3, -0.25) is 0 Å². The van der Waals surface area contributed by atoms with Crippen molar-refractivity contribution < 1.29 is 4.74 Å². The molecule has 2 rings (SSSR count). The molecule has 0 unspecified atom stereocenters. The highest BCUT2D eigenvalue weighted by Crippen LogP contribution is 2.17. The molecule has 0 aliphatic rings. The lowest BCUT2D eigenvalue weighted by Gasteiger charge is -2.10. The van der Waals surface area contributed by atoms with Crippen LogP contribution in [0, 0.1) is 0 Å². The molecule has 0 saturated heterocycles. The fourth-order valence-electron chi connectivity index (χ4n) is 1.94. The third-order valence-electron chi connectivity index (χ3n) is 3.05. The molecule has 100 valence electrons. The molecule has 0 aliphatic carbocycles. The van der Waals surface area contributed by atoms with Crippen LogP contribution in [0.1, 0.15) is 11.1 Å². The first-order valence-corrected chi connectivity index (χ1v) is 6.87. The van der Waals surface area contributed by atoms with Crippen molar-refractivity contribution in [3.63, 3.8) is 0 Å². The van der Waals surface area contributed by atoms with E-state index in [2.05, 4.69) is 23.5 Å². The molecular formula is C16H18ClNO. The Balaban J connectivity index is 1.88. The Bertz CT molecular complexity index is 510. The van der Waals surface area contributed by atoms with Crippen LogP contribution in [0.4, 0.5) is 5.69 Å². The van der Waals surface area contributed by atoms with Crippen LogP contribution < -0.4 is 10.1 Å². The molecule has 0 atom stereocenters. The van der Waals surface area contributed by atoms with Crippen molar-refractivity contribution >= 4 is 17.3 Å². The number of hydrogen-bond acceptors (Lipinski definition) is 2. The summed E-state index contributed by atoms with van der Waals surface area (Å²) < 4.78 is 5.14. The molecular weight excluding hydrogens is 258 g/mol. The van der Waals surface area contributed by atoms with Gasteiger partial charge < -0.3 is 10.1 Å². The molecule has 2 aromatic rings. The first kappa shape index (κ1) is 13.8. The summed E-state index contributed by atoms with van der Waals surface area (Å²) in [6, 6.07) is 16.3. The number of anilines is 1. The quantitative estimate of drug-likeness (QED) is 0.802. The number of halogens is 1. The molecule has 0 heterocycles. The Morgan fingerprint density at radius 2 is 1.79 bits per heavy atom. The van der Waals surface area contributed by atoms with Gasteiger partial charge in [0.05, 0.1) is 7.11 Å². The number of nitrogens with one attached hydrogen (secondary N) is 1. The smallest absolute Gasteiger partial charge is 0.118 e. The summed E-state index contributed by atoms with van der Waals surface area (Å²) in [6.45, 7) is 0.889. The van der Waals surface area contributed by atoms with Gasteiger partial charge in [-0.15, -0.1) is 11.6 Å². The second kappa shape index (κ2) is 7.05. The highest BCUT2D eigenvalue weighted by atomic mass is 35.5. The van der Waals surface area contributed by atoms with Crippen LogP contribution in [0.5, 0.6) is 5.75 Å². The predicted octanol–water partition coefficient (Wildman–Crippen LogP) is 4.09. The lowest BCUT2D eigenvalue weighted by atomic mass is 10.1. The summed E-state index contributed by atoms with van der Waals surface area (Å²) in [6.07, 6.45) is 0.973. The lowest BCUT2D eigenvalue weighted by Crippen LogP contribution is -2.06. The van der Waals surface area contributed by atoms with Crippen LogP contribution in [0.25, 0.3) is 0 Å². The summed E-state index contributed by atoms with van der Waals surface area (Å²) >= 11 is 5.91. The van der Waals surface area contributed by atoms with Crippen molar-refractivity contribution in [1.82, 2.24) is 0 Å². The molecule has 0 aliphatic heterocycles. The molecule has 0 amide bonds. The molecule has 0 bridgehead atoms. The number of alkyl halides is 1. The van der Waals surface area contributed by atoms with Crippen molar-refractivity contribution in [3.05, 3.63) is 59.7 Å². The van der Waals surface area contributed by atoms with Crippen LogP contribution in [0.15, 0.2) is 48.5 Å². The predicted molar refractivity (Wildman–Crippen MR) is 81.2 cm³/mol. The van der Waals surface area contributed by atoms with E-state index in [9.17, 15) is 0 Å². The van der Waals surface area contributed by atoms with Gasteiger partial charge in [0.1, 0.15) is 5.75 Å². The summed E-state index contributed by atoms with van der Waals surface area (Å²) in [4.78, 5) is 0. The van der Waals surface area contributed by atoms with Gasteiger partial charge in [-0.2, -0.15) is 0 Å². The maximum atomic E-state index is 5.91. The molecule has 0 saturated carbocycles. The zero-order valence-corrected chi connectivity index (χ0v) is 11.8. The highest BCUT2D eigenvalue weighted by molar-refractivity contribution is 6.17. The van der Waals surface area contributed by atoms with Gasteiger partial charge in [0.15, 0.2) is 0 Å². The van der Waals surface area contributed by atoms with Gasteiger partial charge in [0.2, 0.25) is 0 Å². The van der Waals surface area contributed by atoms with Crippen LogP contribution in [0.3, 0.4) is 0 Å². The van der Waals surface area contributed by atoms with Crippen molar-refractivity contribution in [1.29, 1.82) is 0 Å². The number of hydrogen-bond donors (Lipinski definition) is 1. The maximum absolute atomic E-state index is 5.91. The summed E-state index contributed by atoms with van der Waals surface area (Å²) in [5, 5.41) is 3.43. The number of methoxy groups -OCH3 is 1. The summed E-state index contributed by atoms with van der Waals surface area (Å²) in [7, 11) is 1.68. The fourth-order valence-corrected chi connectivity index (χ4v) is 2.18. The van der Waals surface area contributed by atoms with E-state index in [-0.39, 0.29) is 0 Å². The number of benzene rings is 2. The van der Waals surface area contributed by atoms with Crippen molar-refractivity contribution in [2.24, 2.45) is 0 Å². The maximum Gasteiger partial charge on any atom is 0.118 e. The highest BCUT2D eigenvalue weighted by Gasteiger charge is 2.00. The second-order valence-corrected chi connectivity index (χ2v) is 4.58. The monoisotopic (exact) mass is 275 g/mol. The van der Waals surface area contributed by atoms with E-state index in [0.717, 1.165) is 30.0 Å². The van der Waals surface area contributed by atoms with E-state index in [1.165, 1.54) is 5.56 Å². The average molecular weight is 276 g/mol. The summed E-state index contributed by atoms with van der Waals surface area (Å²) in [5.41, 5.74) is 3.54. The minimum atomic E-state index is 0.533. The minimum absolute atomic E-state index is 0.533. The van der Waals surface area contributed by atoms with E-state index in [1.807, 2.05) is 30.3 Å². The van der Waals surface area contributed by atoms with E-state index in [0.29, 0.717) is 5.88 Å². The van der Waals surface area contributed by atoms with Crippen LogP contribution in [0.2, 0.25) is 0 Å².